The molecule has 0 aromatic rings. The molecule has 64 valence electrons. The van der Waals surface area contributed by atoms with Crippen molar-refractivity contribution >= 4 is 12.4 Å². The first-order valence-electron chi connectivity index (χ1n) is 3.93. The zero-order valence-electron chi connectivity index (χ0n) is 6.51. The van der Waals surface area contributed by atoms with Gasteiger partial charge in [0.2, 0.25) is 0 Å². The van der Waals surface area contributed by atoms with Gasteiger partial charge in [0.1, 0.15) is 0 Å². The topological polar surface area (TPSA) is 21.3 Å². The monoisotopic (exact) mass is 175 g/mol. The summed E-state index contributed by atoms with van der Waals surface area (Å²) < 4.78 is 5.26. The fraction of sp³-hybridized carbons (Fsp3) is 0.750. The summed E-state index contributed by atoms with van der Waals surface area (Å²) in [6.45, 7) is 4.12. The van der Waals surface area contributed by atoms with E-state index >= 15 is 0 Å². The minimum Gasteiger partial charge on any atom is -0.381 e. The van der Waals surface area contributed by atoms with Gasteiger partial charge in [-0.25, -0.2) is 0 Å². The van der Waals surface area contributed by atoms with E-state index in [1.165, 1.54) is 6.42 Å². The van der Waals surface area contributed by atoms with Gasteiger partial charge in [0.05, 0.1) is 6.61 Å². The molecule has 2 aliphatic rings. The van der Waals surface area contributed by atoms with Crippen LogP contribution in [0.25, 0.3) is 0 Å². The zero-order valence-corrected chi connectivity index (χ0v) is 7.32. The quantitative estimate of drug-likeness (QED) is 0.600. The Morgan fingerprint density at radius 2 is 2.27 bits per heavy atom. The molecular formula is C8H14ClNO. The van der Waals surface area contributed by atoms with Gasteiger partial charge in [0, 0.05) is 25.6 Å². The first kappa shape index (κ1) is 9.04. The van der Waals surface area contributed by atoms with Crippen LogP contribution in [-0.4, -0.2) is 26.3 Å². The van der Waals surface area contributed by atoms with Crippen molar-refractivity contribution in [1.82, 2.24) is 5.32 Å². The maximum absolute atomic E-state index is 5.26. The van der Waals surface area contributed by atoms with Crippen LogP contribution in [0.5, 0.6) is 0 Å². The zero-order chi connectivity index (χ0) is 6.81. The van der Waals surface area contributed by atoms with E-state index in [-0.39, 0.29) is 12.4 Å². The van der Waals surface area contributed by atoms with Gasteiger partial charge in [0.25, 0.3) is 0 Å². The number of ether oxygens (including phenoxy) is 1. The lowest BCUT2D eigenvalue weighted by atomic mass is 10.0. The van der Waals surface area contributed by atoms with Crippen molar-refractivity contribution in [2.24, 2.45) is 5.92 Å². The van der Waals surface area contributed by atoms with Crippen molar-refractivity contribution in [2.75, 3.05) is 26.3 Å². The van der Waals surface area contributed by atoms with Crippen LogP contribution in [0.3, 0.4) is 0 Å². The van der Waals surface area contributed by atoms with Crippen molar-refractivity contribution in [3.63, 3.8) is 0 Å². The van der Waals surface area contributed by atoms with Gasteiger partial charge >= 0.3 is 0 Å². The predicted molar refractivity (Wildman–Crippen MR) is 47.1 cm³/mol. The molecule has 11 heavy (non-hydrogen) atoms. The lowest BCUT2D eigenvalue weighted by Gasteiger charge is -2.19. The van der Waals surface area contributed by atoms with Crippen molar-refractivity contribution in [3.05, 3.63) is 11.6 Å². The molecule has 0 saturated carbocycles. The normalized spacial score (nSPS) is 29.1. The summed E-state index contributed by atoms with van der Waals surface area (Å²) in [6, 6.07) is 0. The van der Waals surface area contributed by atoms with E-state index in [4.69, 9.17) is 4.74 Å². The Morgan fingerprint density at radius 1 is 1.45 bits per heavy atom. The average Bonchev–Trinajstić information content (AvgIpc) is 2.29. The summed E-state index contributed by atoms with van der Waals surface area (Å²) in [5.74, 6) is 0.720. The average molecular weight is 176 g/mol. The molecule has 3 heteroatoms. The summed E-state index contributed by atoms with van der Waals surface area (Å²) in [6.07, 6.45) is 3.60. The fourth-order valence-corrected chi connectivity index (χ4v) is 1.40. The molecule has 2 rings (SSSR count). The van der Waals surface area contributed by atoms with E-state index in [1.54, 1.807) is 5.57 Å². The molecule has 0 aromatic carbocycles. The highest BCUT2D eigenvalue weighted by Gasteiger charge is 2.15. The Bertz CT molecular complexity index is 146. The van der Waals surface area contributed by atoms with Crippen LogP contribution in [-0.2, 0) is 4.74 Å². The molecule has 0 spiro atoms. The van der Waals surface area contributed by atoms with Crippen molar-refractivity contribution in [1.29, 1.82) is 0 Å². The number of hydrogen-bond acceptors (Lipinski definition) is 2. The van der Waals surface area contributed by atoms with Crippen LogP contribution in [0.4, 0.5) is 0 Å². The maximum atomic E-state index is 5.26. The Balaban J connectivity index is 0.000000605. The molecule has 0 aromatic heterocycles. The van der Waals surface area contributed by atoms with Crippen molar-refractivity contribution in [3.8, 4) is 0 Å². The number of halogens is 1. The summed E-state index contributed by atoms with van der Waals surface area (Å²) >= 11 is 0. The van der Waals surface area contributed by atoms with Crippen LogP contribution < -0.4 is 5.32 Å². The van der Waals surface area contributed by atoms with E-state index in [9.17, 15) is 0 Å². The van der Waals surface area contributed by atoms with E-state index in [0.717, 1.165) is 32.2 Å². The Labute approximate surface area is 73.4 Å². The molecule has 2 fully saturated rings. The SMILES string of the molecule is C(=C1CNC1)C1CCOC1.Cl. The molecule has 0 aliphatic carbocycles. The third kappa shape index (κ3) is 2.19. The molecule has 1 atom stereocenters. The Morgan fingerprint density at radius 3 is 2.73 bits per heavy atom. The summed E-state index contributed by atoms with van der Waals surface area (Å²) in [5, 5.41) is 3.23. The lowest BCUT2D eigenvalue weighted by Crippen LogP contribution is -2.34. The van der Waals surface area contributed by atoms with E-state index in [0.29, 0.717) is 0 Å². The Hall–Kier alpha value is -0.0500. The van der Waals surface area contributed by atoms with Crippen LogP contribution in [0.2, 0.25) is 0 Å². The first-order valence-corrected chi connectivity index (χ1v) is 3.93. The second kappa shape index (κ2) is 4.10. The predicted octanol–water partition coefficient (Wildman–Crippen LogP) is 0.974. The van der Waals surface area contributed by atoms with Crippen molar-refractivity contribution in [2.45, 2.75) is 6.42 Å². The molecular weight excluding hydrogens is 162 g/mol. The van der Waals surface area contributed by atoms with Gasteiger partial charge in [-0.05, 0) is 12.0 Å². The Kier molecular flexibility index (Phi) is 3.37. The number of hydrogen-bond donors (Lipinski definition) is 1. The molecule has 2 nitrogen and oxygen atoms in total. The first-order chi connectivity index (χ1) is 4.95. The van der Waals surface area contributed by atoms with Gasteiger partial charge in [-0.3, -0.25) is 0 Å². The third-order valence-corrected chi connectivity index (χ3v) is 2.14. The summed E-state index contributed by atoms with van der Waals surface area (Å²) in [5.41, 5.74) is 1.57. The maximum Gasteiger partial charge on any atom is 0.0529 e. The van der Waals surface area contributed by atoms with E-state index in [1.807, 2.05) is 0 Å². The molecule has 1 N–H and O–H groups in total. The summed E-state index contributed by atoms with van der Waals surface area (Å²) in [7, 11) is 0. The minimum absolute atomic E-state index is 0. The second-order valence-corrected chi connectivity index (χ2v) is 3.05. The summed E-state index contributed by atoms with van der Waals surface area (Å²) in [4.78, 5) is 0. The fourth-order valence-electron chi connectivity index (χ4n) is 1.40. The second-order valence-electron chi connectivity index (χ2n) is 3.05. The molecule has 0 radical (unpaired) electrons. The van der Waals surface area contributed by atoms with E-state index in [2.05, 4.69) is 11.4 Å². The highest BCUT2D eigenvalue weighted by Crippen LogP contribution is 2.16. The van der Waals surface area contributed by atoms with Gasteiger partial charge in [-0.1, -0.05) is 6.08 Å². The van der Waals surface area contributed by atoms with Crippen LogP contribution in [0.15, 0.2) is 11.6 Å². The lowest BCUT2D eigenvalue weighted by molar-refractivity contribution is 0.191. The highest BCUT2D eigenvalue weighted by atomic mass is 35.5. The van der Waals surface area contributed by atoms with Crippen LogP contribution in [0.1, 0.15) is 6.42 Å². The largest absolute Gasteiger partial charge is 0.381 e. The third-order valence-electron chi connectivity index (χ3n) is 2.14. The number of nitrogens with one attached hydrogen (secondary N) is 1. The van der Waals surface area contributed by atoms with Crippen molar-refractivity contribution < 1.29 is 4.74 Å². The standard InChI is InChI=1S/C8H13NO.ClH/c1-2-10-6-7(1)3-8-4-9-5-8;/h3,7,9H,1-2,4-6H2;1H. The molecule has 0 amide bonds. The number of rotatable bonds is 1. The van der Waals surface area contributed by atoms with Crippen LogP contribution >= 0.6 is 12.4 Å². The highest BCUT2D eigenvalue weighted by molar-refractivity contribution is 5.85. The smallest absolute Gasteiger partial charge is 0.0529 e. The van der Waals surface area contributed by atoms with Gasteiger partial charge in [0.15, 0.2) is 0 Å². The van der Waals surface area contributed by atoms with Gasteiger partial charge in [-0.2, -0.15) is 0 Å². The molecule has 1 unspecified atom stereocenters. The molecule has 2 aliphatic heterocycles. The van der Waals surface area contributed by atoms with Crippen LogP contribution in [0, 0.1) is 5.92 Å². The molecule has 0 bridgehead atoms. The van der Waals surface area contributed by atoms with Gasteiger partial charge in [-0.15, -0.1) is 12.4 Å². The van der Waals surface area contributed by atoms with Gasteiger partial charge < -0.3 is 10.1 Å². The molecule has 2 heterocycles. The minimum atomic E-state index is 0. The van der Waals surface area contributed by atoms with E-state index < -0.39 is 0 Å². The molecule has 2 saturated heterocycles.